The second kappa shape index (κ2) is 13.2. The number of rotatable bonds is 14. The van der Waals surface area contributed by atoms with Crippen LogP contribution in [-0.2, 0) is 14.2 Å². The van der Waals surface area contributed by atoms with Gasteiger partial charge in [0.25, 0.3) is 0 Å². The molecule has 0 aromatic rings. The van der Waals surface area contributed by atoms with Gasteiger partial charge in [0.1, 0.15) is 0 Å². The number of methoxy groups -OCH3 is 1. The lowest BCUT2D eigenvalue weighted by Gasteiger charge is -2.29. The molecular weight excluding hydrogens is 262 g/mol. The SMILES string of the molecule is CCC(CC)(CNCCOCCOCCOC)SC. The van der Waals surface area contributed by atoms with Crippen molar-refractivity contribution in [1.29, 1.82) is 0 Å². The molecule has 0 saturated carbocycles. The predicted molar refractivity (Wildman–Crippen MR) is 83.2 cm³/mol. The van der Waals surface area contributed by atoms with Crippen LogP contribution in [0.2, 0.25) is 0 Å². The van der Waals surface area contributed by atoms with Crippen molar-refractivity contribution in [2.75, 3.05) is 59.5 Å². The maximum atomic E-state index is 5.49. The number of thioether (sulfide) groups is 1. The summed E-state index contributed by atoms with van der Waals surface area (Å²) in [5.41, 5.74) is 0. The van der Waals surface area contributed by atoms with E-state index in [1.54, 1.807) is 7.11 Å². The van der Waals surface area contributed by atoms with Gasteiger partial charge in [0, 0.05) is 24.9 Å². The molecule has 0 radical (unpaired) electrons. The van der Waals surface area contributed by atoms with E-state index < -0.39 is 0 Å². The molecule has 0 fully saturated rings. The van der Waals surface area contributed by atoms with Crippen molar-refractivity contribution in [2.24, 2.45) is 0 Å². The minimum atomic E-state index is 0.378. The van der Waals surface area contributed by atoms with Crippen molar-refractivity contribution in [2.45, 2.75) is 31.4 Å². The minimum Gasteiger partial charge on any atom is -0.382 e. The average Bonchev–Trinajstić information content (AvgIpc) is 2.46. The summed E-state index contributed by atoms with van der Waals surface area (Å²) in [6, 6.07) is 0. The van der Waals surface area contributed by atoms with Gasteiger partial charge in [-0.25, -0.2) is 0 Å². The second-order valence-corrected chi connectivity index (χ2v) is 5.76. The molecule has 1 N–H and O–H groups in total. The molecule has 5 heteroatoms. The fourth-order valence-electron chi connectivity index (χ4n) is 1.79. The number of hydrogen-bond donors (Lipinski definition) is 1. The van der Waals surface area contributed by atoms with Gasteiger partial charge in [-0.15, -0.1) is 0 Å². The van der Waals surface area contributed by atoms with Crippen LogP contribution in [0.3, 0.4) is 0 Å². The zero-order chi connectivity index (χ0) is 14.4. The first-order valence-corrected chi connectivity index (χ1v) is 8.37. The summed E-state index contributed by atoms with van der Waals surface area (Å²) < 4.78 is 16.1. The third-order valence-electron chi connectivity index (χ3n) is 3.40. The summed E-state index contributed by atoms with van der Waals surface area (Å²) in [5, 5.41) is 3.48. The van der Waals surface area contributed by atoms with Gasteiger partial charge < -0.3 is 19.5 Å². The predicted octanol–water partition coefficient (Wildman–Crippen LogP) is 2.18. The van der Waals surface area contributed by atoms with Crippen LogP contribution in [0.25, 0.3) is 0 Å². The second-order valence-electron chi connectivity index (χ2n) is 4.49. The summed E-state index contributed by atoms with van der Waals surface area (Å²) >= 11 is 1.96. The van der Waals surface area contributed by atoms with Gasteiger partial charge in [-0.3, -0.25) is 0 Å². The highest BCUT2D eigenvalue weighted by Gasteiger charge is 2.23. The molecular formula is C14H31NO3S. The normalized spacial score (nSPS) is 12.0. The van der Waals surface area contributed by atoms with Crippen molar-refractivity contribution in [1.82, 2.24) is 5.32 Å². The van der Waals surface area contributed by atoms with E-state index in [0.717, 1.165) is 19.7 Å². The molecule has 4 nitrogen and oxygen atoms in total. The summed E-state index contributed by atoms with van der Waals surface area (Å²) in [4.78, 5) is 0. The van der Waals surface area contributed by atoms with Crippen molar-refractivity contribution >= 4 is 11.8 Å². The van der Waals surface area contributed by atoms with Gasteiger partial charge >= 0.3 is 0 Å². The number of nitrogens with one attached hydrogen (secondary N) is 1. The highest BCUT2D eigenvalue weighted by molar-refractivity contribution is 8.00. The molecule has 0 rings (SSSR count). The van der Waals surface area contributed by atoms with E-state index in [2.05, 4.69) is 25.4 Å². The zero-order valence-electron chi connectivity index (χ0n) is 13.0. The molecule has 0 aromatic heterocycles. The van der Waals surface area contributed by atoms with Gasteiger partial charge in [-0.05, 0) is 19.1 Å². The van der Waals surface area contributed by atoms with Crippen molar-refractivity contribution in [3.63, 3.8) is 0 Å². The van der Waals surface area contributed by atoms with Gasteiger partial charge in [0.2, 0.25) is 0 Å². The van der Waals surface area contributed by atoms with E-state index in [0.29, 0.717) is 31.2 Å². The van der Waals surface area contributed by atoms with E-state index in [4.69, 9.17) is 14.2 Å². The van der Waals surface area contributed by atoms with Crippen LogP contribution in [0, 0.1) is 0 Å². The standard InChI is InChI=1S/C14H31NO3S/c1-5-14(6-2,19-4)13-15-7-8-17-11-12-18-10-9-16-3/h15H,5-13H2,1-4H3. The van der Waals surface area contributed by atoms with Crippen LogP contribution in [0.1, 0.15) is 26.7 Å². The molecule has 0 aliphatic rings. The molecule has 0 aliphatic heterocycles. The average molecular weight is 293 g/mol. The van der Waals surface area contributed by atoms with Gasteiger partial charge in [-0.1, -0.05) is 13.8 Å². The molecule has 0 bridgehead atoms. The molecule has 0 amide bonds. The monoisotopic (exact) mass is 293 g/mol. The van der Waals surface area contributed by atoms with Crippen LogP contribution in [0.5, 0.6) is 0 Å². The molecule has 0 atom stereocenters. The zero-order valence-corrected chi connectivity index (χ0v) is 13.8. The highest BCUT2D eigenvalue weighted by Crippen LogP contribution is 2.29. The lowest BCUT2D eigenvalue weighted by atomic mass is 10.0. The Morgan fingerprint density at radius 1 is 0.947 bits per heavy atom. The minimum absolute atomic E-state index is 0.378. The van der Waals surface area contributed by atoms with Crippen molar-refractivity contribution in [3.05, 3.63) is 0 Å². The van der Waals surface area contributed by atoms with Crippen LogP contribution >= 0.6 is 11.8 Å². The highest BCUT2D eigenvalue weighted by atomic mass is 32.2. The Kier molecular flexibility index (Phi) is 13.3. The van der Waals surface area contributed by atoms with Crippen LogP contribution < -0.4 is 5.32 Å². The quantitative estimate of drug-likeness (QED) is 0.497. The Labute approximate surface area is 122 Å². The van der Waals surface area contributed by atoms with E-state index >= 15 is 0 Å². The maximum absolute atomic E-state index is 5.49. The Hall–Kier alpha value is 0.190. The first-order valence-electron chi connectivity index (χ1n) is 7.15. The first kappa shape index (κ1) is 19.2. The number of hydrogen-bond acceptors (Lipinski definition) is 5. The molecule has 0 spiro atoms. The third kappa shape index (κ3) is 9.68. The molecule has 0 aliphatic carbocycles. The summed E-state index contributed by atoms with van der Waals surface area (Å²) in [5.74, 6) is 0. The lowest BCUT2D eigenvalue weighted by Crippen LogP contribution is -2.38. The van der Waals surface area contributed by atoms with E-state index in [9.17, 15) is 0 Å². The van der Waals surface area contributed by atoms with Crippen molar-refractivity contribution in [3.8, 4) is 0 Å². The van der Waals surface area contributed by atoms with E-state index in [1.807, 2.05) is 11.8 Å². The molecule has 0 heterocycles. The lowest BCUT2D eigenvalue weighted by molar-refractivity contribution is 0.0255. The Bertz CT molecular complexity index is 181. The van der Waals surface area contributed by atoms with E-state index in [-0.39, 0.29) is 0 Å². The fraction of sp³-hybridized carbons (Fsp3) is 1.00. The van der Waals surface area contributed by atoms with E-state index in [1.165, 1.54) is 12.8 Å². The molecule has 116 valence electrons. The van der Waals surface area contributed by atoms with Gasteiger partial charge in [-0.2, -0.15) is 11.8 Å². The molecule has 0 aromatic carbocycles. The van der Waals surface area contributed by atoms with Gasteiger partial charge in [0.05, 0.1) is 33.0 Å². The van der Waals surface area contributed by atoms with Gasteiger partial charge in [0.15, 0.2) is 0 Å². The summed E-state index contributed by atoms with van der Waals surface area (Å²) in [6.45, 7) is 9.79. The first-order chi connectivity index (χ1) is 9.24. The largest absolute Gasteiger partial charge is 0.382 e. The number of ether oxygens (including phenoxy) is 3. The smallest absolute Gasteiger partial charge is 0.0701 e. The maximum Gasteiger partial charge on any atom is 0.0701 e. The summed E-state index contributed by atoms with van der Waals surface area (Å²) in [7, 11) is 1.67. The van der Waals surface area contributed by atoms with Crippen LogP contribution in [0.15, 0.2) is 0 Å². The molecule has 19 heavy (non-hydrogen) atoms. The Morgan fingerprint density at radius 2 is 1.53 bits per heavy atom. The topological polar surface area (TPSA) is 39.7 Å². The van der Waals surface area contributed by atoms with Crippen molar-refractivity contribution < 1.29 is 14.2 Å². The Morgan fingerprint density at radius 3 is 2.05 bits per heavy atom. The fourth-order valence-corrected chi connectivity index (χ4v) is 2.61. The Balaban J connectivity index is 3.35. The van der Waals surface area contributed by atoms with Crippen LogP contribution in [-0.4, -0.2) is 64.2 Å². The molecule has 0 saturated heterocycles. The third-order valence-corrected chi connectivity index (χ3v) is 4.98. The van der Waals surface area contributed by atoms with Crippen LogP contribution in [0.4, 0.5) is 0 Å². The molecule has 0 unspecified atom stereocenters. The summed E-state index contributed by atoms with van der Waals surface area (Å²) in [6.07, 6.45) is 4.60.